The molecule has 0 radical (unpaired) electrons. The second kappa shape index (κ2) is 4.65. The molecule has 6 heteroatoms. The maximum atomic E-state index is 11.7. The van der Waals surface area contributed by atoms with Crippen LogP contribution in [0.4, 0.5) is 0 Å². The standard InChI is InChI=1S/C11H18N2O4/c1-5-12-6-8(14)13(10(12)16)7-17-9(15)11(2,3)4/h6,14H,5,7H2,1-4H3. The van der Waals surface area contributed by atoms with Crippen molar-refractivity contribution in [3.63, 3.8) is 0 Å². The minimum Gasteiger partial charge on any atom is -0.493 e. The van der Waals surface area contributed by atoms with Crippen LogP contribution in [0.5, 0.6) is 5.88 Å². The summed E-state index contributed by atoms with van der Waals surface area (Å²) in [7, 11) is 0. The van der Waals surface area contributed by atoms with E-state index in [0.717, 1.165) is 4.57 Å². The van der Waals surface area contributed by atoms with Crippen molar-refractivity contribution in [1.29, 1.82) is 0 Å². The molecular formula is C11H18N2O4. The Labute approximate surface area is 99.4 Å². The van der Waals surface area contributed by atoms with Gasteiger partial charge in [0.25, 0.3) is 0 Å². The molecule has 0 aliphatic carbocycles. The quantitative estimate of drug-likeness (QED) is 0.800. The fraction of sp³-hybridized carbons (Fsp3) is 0.636. The van der Waals surface area contributed by atoms with Gasteiger partial charge in [0.15, 0.2) is 6.73 Å². The number of hydrogen-bond donors (Lipinski definition) is 1. The van der Waals surface area contributed by atoms with E-state index in [1.54, 1.807) is 27.7 Å². The number of ether oxygens (including phenoxy) is 1. The van der Waals surface area contributed by atoms with E-state index in [9.17, 15) is 14.7 Å². The molecule has 1 rings (SSSR count). The lowest BCUT2D eigenvalue weighted by molar-refractivity contribution is -0.157. The fourth-order valence-electron chi connectivity index (χ4n) is 1.20. The van der Waals surface area contributed by atoms with Crippen LogP contribution in [0.2, 0.25) is 0 Å². The molecule has 0 saturated heterocycles. The molecule has 0 aliphatic rings. The average molecular weight is 242 g/mol. The predicted molar refractivity (Wildman–Crippen MR) is 61.6 cm³/mol. The molecular weight excluding hydrogens is 224 g/mol. The molecule has 1 N–H and O–H groups in total. The maximum absolute atomic E-state index is 11.7. The van der Waals surface area contributed by atoms with Crippen molar-refractivity contribution in [3.8, 4) is 5.88 Å². The van der Waals surface area contributed by atoms with E-state index in [-0.39, 0.29) is 12.6 Å². The van der Waals surface area contributed by atoms with Crippen LogP contribution in [-0.2, 0) is 22.8 Å². The Hall–Kier alpha value is -1.72. The van der Waals surface area contributed by atoms with Crippen molar-refractivity contribution in [2.45, 2.75) is 41.0 Å². The first-order chi connectivity index (χ1) is 7.77. The fourth-order valence-corrected chi connectivity index (χ4v) is 1.20. The lowest BCUT2D eigenvalue weighted by Gasteiger charge is -2.16. The molecule has 0 saturated carbocycles. The highest BCUT2D eigenvalue weighted by Crippen LogP contribution is 2.16. The van der Waals surface area contributed by atoms with Gasteiger partial charge in [-0.25, -0.2) is 9.36 Å². The second-order valence-corrected chi connectivity index (χ2v) is 4.79. The van der Waals surface area contributed by atoms with Gasteiger partial charge in [0.2, 0.25) is 5.88 Å². The molecule has 0 unspecified atom stereocenters. The molecule has 1 heterocycles. The Morgan fingerprint density at radius 3 is 2.47 bits per heavy atom. The zero-order valence-corrected chi connectivity index (χ0v) is 10.6. The molecule has 0 atom stereocenters. The summed E-state index contributed by atoms with van der Waals surface area (Å²) in [5, 5.41) is 9.51. The van der Waals surface area contributed by atoms with Crippen molar-refractivity contribution in [2.75, 3.05) is 0 Å². The van der Waals surface area contributed by atoms with Gasteiger partial charge in [0, 0.05) is 6.54 Å². The van der Waals surface area contributed by atoms with Crippen molar-refractivity contribution in [1.82, 2.24) is 9.13 Å². The van der Waals surface area contributed by atoms with Crippen LogP contribution in [0.15, 0.2) is 11.0 Å². The van der Waals surface area contributed by atoms with E-state index in [2.05, 4.69) is 0 Å². The number of carbonyl (C=O) groups excluding carboxylic acids is 1. The first-order valence-corrected chi connectivity index (χ1v) is 5.43. The number of nitrogens with zero attached hydrogens (tertiary/aromatic N) is 2. The number of imidazole rings is 1. The van der Waals surface area contributed by atoms with Crippen LogP contribution in [0, 0.1) is 5.41 Å². The van der Waals surface area contributed by atoms with Crippen LogP contribution >= 0.6 is 0 Å². The van der Waals surface area contributed by atoms with Crippen molar-refractivity contribution in [2.24, 2.45) is 5.41 Å². The number of carbonyl (C=O) groups is 1. The summed E-state index contributed by atoms with van der Waals surface area (Å²) in [6.07, 6.45) is 1.31. The van der Waals surface area contributed by atoms with Gasteiger partial charge in [0.1, 0.15) is 0 Å². The summed E-state index contributed by atoms with van der Waals surface area (Å²) in [5.41, 5.74) is -1.03. The monoisotopic (exact) mass is 242 g/mol. The van der Waals surface area contributed by atoms with Crippen molar-refractivity contribution in [3.05, 3.63) is 16.7 Å². The van der Waals surface area contributed by atoms with Gasteiger partial charge in [-0.2, -0.15) is 0 Å². The number of aryl methyl sites for hydroxylation is 1. The van der Waals surface area contributed by atoms with E-state index in [0.29, 0.717) is 6.54 Å². The average Bonchev–Trinajstić information content (AvgIpc) is 2.49. The highest BCUT2D eigenvalue weighted by Gasteiger charge is 2.23. The molecule has 0 spiro atoms. The topological polar surface area (TPSA) is 73.5 Å². The van der Waals surface area contributed by atoms with Gasteiger partial charge in [-0.15, -0.1) is 0 Å². The smallest absolute Gasteiger partial charge is 0.333 e. The Morgan fingerprint density at radius 1 is 1.47 bits per heavy atom. The molecule has 17 heavy (non-hydrogen) atoms. The zero-order valence-electron chi connectivity index (χ0n) is 10.6. The van der Waals surface area contributed by atoms with E-state index < -0.39 is 17.1 Å². The van der Waals surface area contributed by atoms with Crippen LogP contribution < -0.4 is 5.69 Å². The van der Waals surface area contributed by atoms with Crippen LogP contribution in [0.3, 0.4) is 0 Å². The van der Waals surface area contributed by atoms with E-state index in [1.165, 1.54) is 10.8 Å². The Morgan fingerprint density at radius 2 is 2.06 bits per heavy atom. The molecule has 1 aromatic heterocycles. The van der Waals surface area contributed by atoms with Crippen LogP contribution in [0.1, 0.15) is 27.7 Å². The molecule has 96 valence electrons. The molecule has 0 fully saturated rings. The molecule has 1 aromatic rings. The number of aromatic nitrogens is 2. The third-order valence-electron chi connectivity index (χ3n) is 2.30. The summed E-state index contributed by atoms with van der Waals surface area (Å²) in [6, 6.07) is 0. The molecule has 0 aromatic carbocycles. The number of aromatic hydroxyl groups is 1. The van der Waals surface area contributed by atoms with Gasteiger partial charge >= 0.3 is 11.7 Å². The molecule has 0 bridgehead atoms. The second-order valence-electron chi connectivity index (χ2n) is 4.79. The first kappa shape index (κ1) is 13.3. The third kappa shape index (κ3) is 2.89. The van der Waals surface area contributed by atoms with Gasteiger partial charge in [-0.1, -0.05) is 0 Å². The Balaban J connectivity index is 2.81. The molecule has 6 nitrogen and oxygen atoms in total. The summed E-state index contributed by atoms with van der Waals surface area (Å²) in [5.74, 6) is -0.633. The van der Waals surface area contributed by atoms with Gasteiger partial charge in [0.05, 0.1) is 11.6 Å². The summed E-state index contributed by atoms with van der Waals surface area (Å²) in [6.45, 7) is 7.12. The van der Waals surface area contributed by atoms with E-state index in [1.807, 2.05) is 0 Å². The SMILES string of the molecule is CCn1cc(O)n(COC(=O)C(C)(C)C)c1=O. The minimum absolute atomic E-state index is 0.210. The number of rotatable bonds is 3. The lowest BCUT2D eigenvalue weighted by Crippen LogP contribution is -2.29. The molecule has 0 aliphatic heterocycles. The number of esters is 1. The third-order valence-corrected chi connectivity index (χ3v) is 2.30. The van der Waals surface area contributed by atoms with Crippen molar-refractivity contribution >= 4 is 5.97 Å². The molecule has 0 amide bonds. The van der Waals surface area contributed by atoms with E-state index >= 15 is 0 Å². The lowest BCUT2D eigenvalue weighted by atomic mass is 9.98. The first-order valence-electron chi connectivity index (χ1n) is 5.43. The summed E-state index contributed by atoms with van der Waals surface area (Å²) >= 11 is 0. The Bertz CT molecular complexity index is 465. The number of hydrogen-bond acceptors (Lipinski definition) is 4. The zero-order chi connectivity index (χ0) is 13.2. The van der Waals surface area contributed by atoms with Crippen LogP contribution in [-0.4, -0.2) is 20.2 Å². The predicted octanol–water partition coefficient (Wildman–Crippen LogP) is 0.922. The normalized spacial score (nSPS) is 11.5. The van der Waals surface area contributed by atoms with Crippen molar-refractivity contribution < 1.29 is 14.6 Å². The largest absolute Gasteiger partial charge is 0.493 e. The highest BCUT2D eigenvalue weighted by atomic mass is 16.5. The van der Waals surface area contributed by atoms with Gasteiger partial charge in [-0.05, 0) is 27.7 Å². The summed E-state index contributed by atoms with van der Waals surface area (Å²) < 4.78 is 7.30. The maximum Gasteiger partial charge on any atom is 0.333 e. The highest BCUT2D eigenvalue weighted by molar-refractivity contribution is 5.75. The van der Waals surface area contributed by atoms with E-state index in [4.69, 9.17) is 4.74 Å². The minimum atomic E-state index is -0.632. The van der Waals surface area contributed by atoms with Gasteiger partial charge < -0.3 is 9.84 Å². The van der Waals surface area contributed by atoms with Crippen LogP contribution in [0.25, 0.3) is 0 Å². The summed E-state index contributed by atoms with van der Waals surface area (Å²) in [4.78, 5) is 23.2. The van der Waals surface area contributed by atoms with Gasteiger partial charge in [-0.3, -0.25) is 9.36 Å². The Kier molecular flexibility index (Phi) is 3.65.